The summed E-state index contributed by atoms with van der Waals surface area (Å²) in [6, 6.07) is 0. The van der Waals surface area contributed by atoms with Gasteiger partial charge in [0.05, 0.1) is 6.10 Å². The summed E-state index contributed by atoms with van der Waals surface area (Å²) >= 11 is 0. The smallest absolute Gasteiger partial charge is 0.0824 e. The lowest BCUT2D eigenvalue weighted by atomic mass is 9.50. The van der Waals surface area contributed by atoms with Gasteiger partial charge in [-0.25, -0.2) is 0 Å². The van der Waals surface area contributed by atoms with E-state index >= 15 is 0 Å². The first-order valence-electron chi connectivity index (χ1n) is 7.64. The van der Waals surface area contributed by atoms with Crippen molar-refractivity contribution < 1.29 is 5.11 Å². The number of unbranched alkanes of at least 4 members (excludes halogenated alkanes) is 1. The van der Waals surface area contributed by atoms with Crippen LogP contribution in [0.2, 0.25) is 0 Å². The number of aliphatic hydroxyl groups is 1. The Morgan fingerprint density at radius 1 is 1.11 bits per heavy atom. The maximum atomic E-state index is 10.7. The van der Waals surface area contributed by atoms with Gasteiger partial charge in [0.1, 0.15) is 0 Å². The molecule has 19 heavy (non-hydrogen) atoms. The van der Waals surface area contributed by atoms with E-state index in [0.717, 1.165) is 6.42 Å². The van der Waals surface area contributed by atoms with Gasteiger partial charge in [-0.1, -0.05) is 78.7 Å². The Morgan fingerprint density at radius 2 is 1.63 bits per heavy atom. The van der Waals surface area contributed by atoms with Crippen molar-refractivity contribution in [3.63, 3.8) is 0 Å². The largest absolute Gasteiger partial charge is 0.388 e. The lowest BCUT2D eigenvalue weighted by Crippen LogP contribution is -2.53. The molecule has 0 aromatic carbocycles. The fourth-order valence-electron chi connectivity index (χ4n) is 3.77. The number of allylic oxidation sites excluding steroid dienone is 2. The predicted octanol–water partition coefficient (Wildman–Crippen LogP) is 5.11. The third-order valence-electron chi connectivity index (χ3n) is 4.67. The summed E-state index contributed by atoms with van der Waals surface area (Å²) in [5, 5.41) is 10.7. The van der Waals surface area contributed by atoms with Crippen LogP contribution in [-0.2, 0) is 0 Å². The molecule has 1 heteroatoms. The molecule has 1 N–H and O–H groups in total. The second kappa shape index (κ2) is 5.44. The Hall–Kier alpha value is -0.560. The molecule has 1 rings (SSSR count). The summed E-state index contributed by atoms with van der Waals surface area (Å²) in [5.41, 5.74) is 1.22. The molecule has 0 bridgehead atoms. The molecule has 0 aliphatic heterocycles. The van der Waals surface area contributed by atoms with Crippen molar-refractivity contribution in [1.29, 1.82) is 0 Å². The van der Waals surface area contributed by atoms with Crippen LogP contribution in [-0.4, -0.2) is 11.2 Å². The Kier molecular flexibility index (Phi) is 4.72. The van der Waals surface area contributed by atoms with Crippen LogP contribution < -0.4 is 0 Å². The third kappa shape index (κ3) is 2.97. The molecule has 1 aliphatic carbocycles. The normalized spacial score (nSPS) is 23.4. The van der Waals surface area contributed by atoms with Gasteiger partial charge in [-0.15, -0.1) is 0 Å². The highest BCUT2D eigenvalue weighted by atomic mass is 16.3. The van der Waals surface area contributed by atoms with E-state index in [2.05, 4.69) is 60.6 Å². The highest BCUT2D eigenvalue weighted by Crippen LogP contribution is 2.57. The van der Waals surface area contributed by atoms with Gasteiger partial charge in [-0.05, 0) is 23.7 Å². The fourth-order valence-corrected chi connectivity index (χ4v) is 3.77. The second-order valence-corrected chi connectivity index (χ2v) is 8.00. The van der Waals surface area contributed by atoms with E-state index in [4.69, 9.17) is 0 Å². The molecule has 0 radical (unpaired) electrons. The Morgan fingerprint density at radius 3 is 2.05 bits per heavy atom. The van der Waals surface area contributed by atoms with E-state index < -0.39 is 6.10 Å². The molecule has 0 aromatic heterocycles. The second-order valence-electron chi connectivity index (χ2n) is 8.00. The highest BCUT2D eigenvalue weighted by Gasteiger charge is 2.53. The lowest BCUT2D eigenvalue weighted by Gasteiger charge is -2.55. The first kappa shape index (κ1) is 16.5. The minimum atomic E-state index is -0.405. The molecule has 1 unspecified atom stereocenters. The van der Waals surface area contributed by atoms with Crippen LogP contribution in [0.15, 0.2) is 23.8 Å². The van der Waals surface area contributed by atoms with Crippen LogP contribution in [0.4, 0.5) is 0 Å². The molecule has 0 saturated carbocycles. The minimum absolute atomic E-state index is 0.0207. The summed E-state index contributed by atoms with van der Waals surface area (Å²) in [6.07, 6.45) is 9.64. The SMILES string of the molecule is CCCCC1=CC(C(C)(C)C)(C(C)(C)C)C(O)C=C1. The third-order valence-corrected chi connectivity index (χ3v) is 4.67. The number of hydrogen-bond donors (Lipinski definition) is 1. The van der Waals surface area contributed by atoms with E-state index in [1.807, 2.05) is 6.08 Å². The van der Waals surface area contributed by atoms with Gasteiger partial charge >= 0.3 is 0 Å². The first-order valence-corrected chi connectivity index (χ1v) is 7.64. The van der Waals surface area contributed by atoms with E-state index in [-0.39, 0.29) is 16.2 Å². The summed E-state index contributed by atoms with van der Waals surface area (Å²) in [4.78, 5) is 0. The number of rotatable bonds is 3. The molecule has 1 nitrogen and oxygen atoms in total. The van der Waals surface area contributed by atoms with E-state index in [1.54, 1.807) is 0 Å². The van der Waals surface area contributed by atoms with Crippen molar-refractivity contribution >= 4 is 0 Å². The molecule has 0 saturated heterocycles. The van der Waals surface area contributed by atoms with E-state index in [9.17, 15) is 5.11 Å². The molecule has 0 fully saturated rings. The number of hydrogen-bond acceptors (Lipinski definition) is 1. The van der Waals surface area contributed by atoms with Crippen molar-refractivity contribution in [3.8, 4) is 0 Å². The van der Waals surface area contributed by atoms with Crippen LogP contribution in [0.5, 0.6) is 0 Å². The average Bonchev–Trinajstić information content (AvgIpc) is 2.24. The topological polar surface area (TPSA) is 20.2 Å². The summed E-state index contributed by atoms with van der Waals surface area (Å²) in [6.45, 7) is 15.7. The zero-order valence-corrected chi connectivity index (χ0v) is 13.9. The Bertz CT molecular complexity index is 346. The number of aliphatic hydroxyl groups excluding tert-OH is 1. The van der Waals surface area contributed by atoms with Crippen molar-refractivity contribution in [1.82, 2.24) is 0 Å². The minimum Gasteiger partial charge on any atom is -0.388 e. The van der Waals surface area contributed by atoms with Gasteiger partial charge in [-0.3, -0.25) is 0 Å². The average molecular weight is 264 g/mol. The Balaban J connectivity index is 3.29. The Labute approximate surface area is 119 Å². The zero-order valence-electron chi connectivity index (χ0n) is 13.9. The van der Waals surface area contributed by atoms with Gasteiger partial charge < -0.3 is 5.11 Å². The first-order chi connectivity index (χ1) is 8.56. The lowest BCUT2D eigenvalue weighted by molar-refractivity contribution is -0.0712. The van der Waals surface area contributed by atoms with Crippen molar-refractivity contribution in [2.24, 2.45) is 16.2 Å². The van der Waals surface area contributed by atoms with Crippen LogP contribution in [0.1, 0.15) is 67.7 Å². The van der Waals surface area contributed by atoms with Crippen molar-refractivity contribution in [3.05, 3.63) is 23.8 Å². The quantitative estimate of drug-likeness (QED) is 0.750. The van der Waals surface area contributed by atoms with Crippen LogP contribution >= 0.6 is 0 Å². The molecule has 1 aliphatic rings. The molecule has 1 atom stereocenters. The van der Waals surface area contributed by atoms with Gasteiger partial charge in [0.15, 0.2) is 0 Å². The molecule has 0 spiro atoms. The molecule has 0 aromatic rings. The summed E-state index contributed by atoms with van der Waals surface area (Å²) < 4.78 is 0. The van der Waals surface area contributed by atoms with Crippen molar-refractivity contribution in [2.75, 3.05) is 0 Å². The standard InChI is InChI=1S/C18H32O/c1-8-9-10-14-11-12-15(19)18(13-14,16(2,3)4)17(5,6)7/h11-13,15,19H,8-10H2,1-7H3. The van der Waals surface area contributed by atoms with Crippen molar-refractivity contribution in [2.45, 2.75) is 73.8 Å². The molecule has 0 amide bonds. The van der Waals surface area contributed by atoms with Gasteiger partial charge in [-0.2, -0.15) is 0 Å². The summed E-state index contributed by atoms with van der Waals surface area (Å²) in [7, 11) is 0. The molecular weight excluding hydrogens is 232 g/mol. The summed E-state index contributed by atoms with van der Waals surface area (Å²) in [5.74, 6) is 0. The van der Waals surface area contributed by atoms with E-state index in [1.165, 1.54) is 18.4 Å². The van der Waals surface area contributed by atoms with Crippen LogP contribution in [0.3, 0.4) is 0 Å². The van der Waals surface area contributed by atoms with Crippen LogP contribution in [0.25, 0.3) is 0 Å². The van der Waals surface area contributed by atoms with E-state index in [0.29, 0.717) is 0 Å². The van der Waals surface area contributed by atoms with Crippen LogP contribution in [0, 0.1) is 16.2 Å². The molecular formula is C18H32O. The predicted molar refractivity (Wildman–Crippen MR) is 84.1 cm³/mol. The maximum absolute atomic E-state index is 10.7. The fraction of sp³-hybridized carbons (Fsp3) is 0.778. The van der Waals surface area contributed by atoms with Gasteiger partial charge in [0.25, 0.3) is 0 Å². The maximum Gasteiger partial charge on any atom is 0.0824 e. The van der Waals surface area contributed by atoms with Gasteiger partial charge in [0.2, 0.25) is 0 Å². The highest BCUT2D eigenvalue weighted by molar-refractivity contribution is 5.33. The monoisotopic (exact) mass is 264 g/mol. The van der Waals surface area contributed by atoms with Gasteiger partial charge in [0, 0.05) is 5.41 Å². The molecule has 110 valence electrons. The molecule has 0 heterocycles. The zero-order chi connectivity index (χ0) is 14.9.